The maximum absolute atomic E-state index is 12.1. The van der Waals surface area contributed by atoms with Gasteiger partial charge < -0.3 is 4.90 Å². The van der Waals surface area contributed by atoms with Gasteiger partial charge in [-0.2, -0.15) is 0 Å². The lowest BCUT2D eigenvalue weighted by atomic mass is 10.6. The van der Waals surface area contributed by atoms with Gasteiger partial charge in [0.2, 0.25) is 5.95 Å². The molecule has 8 heteroatoms. The summed E-state index contributed by atoms with van der Waals surface area (Å²) in [6, 6.07) is 0. The molecule has 1 N–H and O–H groups in total. The van der Waals surface area contributed by atoms with Crippen molar-refractivity contribution in [2.45, 2.75) is 23.8 Å². The summed E-state index contributed by atoms with van der Waals surface area (Å²) in [5, 5.41) is 0.813. The Morgan fingerprint density at radius 3 is 2.20 bits per heavy atom. The molecule has 0 aromatic carbocycles. The lowest BCUT2D eigenvalue weighted by Gasteiger charge is -2.10. The highest BCUT2D eigenvalue weighted by molar-refractivity contribution is 8.32. The highest BCUT2D eigenvalue weighted by Crippen LogP contribution is 2.59. The van der Waals surface area contributed by atoms with E-state index < -0.39 is 0 Å². The van der Waals surface area contributed by atoms with Gasteiger partial charge in [-0.25, -0.2) is 4.98 Å². The normalized spacial score (nSPS) is 18.0. The molecule has 0 aliphatic carbocycles. The van der Waals surface area contributed by atoms with Crippen molar-refractivity contribution >= 4 is 53.0 Å². The van der Waals surface area contributed by atoms with Crippen LogP contribution >= 0.6 is 47.0 Å². The van der Waals surface area contributed by atoms with Crippen molar-refractivity contribution in [1.82, 2.24) is 9.97 Å². The number of anilines is 1. The highest BCUT2D eigenvalue weighted by Gasteiger charge is 2.29. The standard InChI is InChI=1S/C12H13N3OS4/c1-5-6(2)18-10(17-5)11-19-7-8(16)13-12(15(3)4)14-9(7)20-11/h1-4H3,(H,13,14,16). The average Bonchev–Trinajstić information content (AvgIpc) is 2.94. The summed E-state index contributed by atoms with van der Waals surface area (Å²) in [4.78, 5) is 24.7. The van der Waals surface area contributed by atoms with Crippen molar-refractivity contribution in [3.63, 3.8) is 0 Å². The lowest BCUT2D eigenvalue weighted by Crippen LogP contribution is -2.19. The molecule has 0 unspecified atom stereocenters. The van der Waals surface area contributed by atoms with Gasteiger partial charge in [0.25, 0.3) is 5.56 Å². The molecule has 0 radical (unpaired) electrons. The van der Waals surface area contributed by atoms with E-state index in [0.717, 1.165) is 5.03 Å². The summed E-state index contributed by atoms with van der Waals surface area (Å²) in [5.41, 5.74) is -0.0544. The molecular weight excluding hydrogens is 330 g/mol. The third-order valence-electron chi connectivity index (χ3n) is 2.80. The van der Waals surface area contributed by atoms with Crippen molar-refractivity contribution in [3.8, 4) is 0 Å². The van der Waals surface area contributed by atoms with Gasteiger partial charge in [-0.1, -0.05) is 47.0 Å². The minimum absolute atomic E-state index is 0.0544. The summed E-state index contributed by atoms with van der Waals surface area (Å²) in [6.45, 7) is 4.26. The van der Waals surface area contributed by atoms with Crippen molar-refractivity contribution in [2.24, 2.45) is 0 Å². The topological polar surface area (TPSA) is 49.0 Å². The van der Waals surface area contributed by atoms with E-state index in [1.54, 1.807) is 35.3 Å². The number of nitrogens with one attached hydrogen (secondary N) is 1. The molecule has 1 aromatic rings. The smallest absolute Gasteiger partial charge is 0.267 e. The molecule has 0 fully saturated rings. The number of thioether (sulfide) groups is 4. The van der Waals surface area contributed by atoms with E-state index in [1.165, 1.54) is 30.0 Å². The van der Waals surface area contributed by atoms with Gasteiger partial charge in [0, 0.05) is 14.1 Å². The van der Waals surface area contributed by atoms with Gasteiger partial charge in [0.1, 0.15) is 9.92 Å². The maximum atomic E-state index is 12.1. The largest absolute Gasteiger partial charge is 0.348 e. The van der Waals surface area contributed by atoms with E-state index in [0.29, 0.717) is 10.8 Å². The third kappa shape index (κ3) is 2.54. The van der Waals surface area contributed by atoms with Gasteiger partial charge in [0.05, 0.1) is 8.47 Å². The van der Waals surface area contributed by atoms with Gasteiger partial charge in [-0.3, -0.25) is 9.78 Å². The molecule has 3 heterocycles. The Morgan fingerprint density at radius 2 is 1.60 bits per heavy atom. The van der Waals surface area contributed by atoms with Crippen LogP contribution in [0.5, 0.6) is 0 Å². The number of hydrogen-bond acceptors (Lipinski definition) is 7. The minimum Gasteiger partial charge on any atom is -0.348 e. The Balaban J connectivity index is 1.96. The summed E-state index contributed by atoms with van der Waals surface area (Å²) < 4.78 is 2.43. The number of rotatable bonds is 1. The van der Waals surface area contributed by atoms with Crippen molar-refractivity contribution in [2.75, 3.05) is 19.0 Å². The molecule has 0 bridgehead atoms. The first kappa shape index (κ1) is 14.5. The fraction of sp³-hybridized carbons (Fsp3) is 0.333. The highest BCUT2D eigenvalue weighted by atomic mass is 32.2. The van der Waals surface area contributed by atoms with Crippen molar-refractivity contribution in [3.05, 3.63) is 28.6 Å². The fourth-order valence-corrected chi connectivity index (χ4v) is 6.81. The van der Waals surface area contributed by atoms with Gasteiger partial charge in [-0.15, -0.1) is 0 Å². The molecule has 2 aliphatic rings. The quantitative estimate of drug-likeness (QED) is 0.776. The molecule has 0 amide bonds. The van der Waals surface area contributed by atoms with E-state index in [9.17, 15) is 4.79 Å². The summed E-state index contributed by atoms with van der Waals surface area (Å²) in [6.07, 6.45) is 0. The Kier molecular flexibility index (Phi) is 3.91. The maximum Gasteiger partial charge on any atom is 0.267 e. The monoisotopic (exact) mass is 343 g/mol. The molecule has 20 heavy (non-hydrogen) atoms. The number of aromatic amines is 1. The minimum atomic E-state index is -0.0544. The SMILES string of the molecule is CC1=C(C)SC(=C2Sc3nc(N(C)C)[nH]c(=O)c3S2)S1. The van der Waals surface area contributed by atoms with Crippen LogP contribution in [-0.2, 0) is 0 Å². The zero-order valence-corrected chi connectivity index (χ0v) is 14.7. The Labute approximate surface area is 134 Å². The fourth-order valence-electron chi connectivity index (χ4n) is 1.61. The van der Waals surface area contributed by atoms with E-state index in [-0.39, 0.29) is 5.56 Å². The number of fused-ring (bicyclic) bond motifs is 1. The lowest BCUT2D eigenvalue weighted by molar-refractivity contribution is 0.881. The molecule has 0 saturated carbocycles. The second-order valence-corrected chi connectivity index (χ2v) is 9.50. The molecule has 1 aromatic heterocycles. The van der Waals surface area contributed by atoms with Crippen LogP contribution in [0.3, 0.4) is 0 Å². The average molecular weight is 344 g/mol. The van der Waals surface area contributed by atoms with E-state index in [1.807, 2.05) is 19.0 Å². The number of aromatic nitrogens is 2. The third-order valence-corrected chi connectivity index (χ3v) is 8.42. The first-order valence-electron chi connectivity index (χ1n) is 5.90. The zero-order valence-electron chi connectivity index (χ0n) is 11.4. The summed E-state index contributed by atoms with van der Waals surface area (Å²) in [5.74, 6) is 0.602. The molecule has 0 spiro atoms. The van der Waals surface area contributed by atoms with Gasteiger partial charge in [0.15, 0.2) is 0 Å². The Bertz CT molecular complexity index is 689. The molecule has 0 saturated heterocycles. The Hall–Kier alpha value is -0.440. The molecule has 4 nitrogen and oxygen atoms in total. The van der Waals surface area contributed by atoms with Crippen LogP contribution in [0.1, 0.15) is 13.8 Å². The predicted octanol–water partition coefficient (Wildman–Crippen LogP) is 3.89. The molecule has 2 aliphatic heterocycles. The van der Waals surface area contributed by atoms with Gasteiger partial charge >= 0.3 is 0 Å². The van der Waals surface area contributed by atoms with E-state index in [2.05, 4.69) is 23.8 Å². The molecule has 0 atom stereocenters. The van der Waals surface area contributed by atoms with Crippen LogP contribution in [-0.4, -0.2) is 24.1 Å². The molecule has 106 valence electrons. The second-order valence-electron chi connectivity index (χ2n) is 4.51. The van der Waals surface area contributed by atoms with E-state index >= 15 is 0 Å². The summed E-state index contributed by atoms with van der Waals surface area (Å²) >= 11 is 6.71. The van der Waals surface area contributed by atoms with Crippen LogP contribution in [0.4, 0.5) is 5.95 Å². The van der Waals surface area contributed by atoms with Crippen molar-refractivity contribution < 1.29 is 0 Å². The van der Waals surface area contributed by atoms with E-state index in [4.69, 9.17) is 0 Å². The number of allylic oxidation sites excluding steroid dienone is 2. The first-order valence-corrected chi connectivity index (χ1v) is 9.17. The Morgan fingerprint density at radius 1 is 1.00 bits per heavy atom. The van der Waals surface area contributed by atoms with Crippen molar-refractivity contribution in [1.29, 1.82) is 0 Å². The number of H-pyrrole nitrogens is 1. The summed E-state index contributed by atoms with van der Waals surface area (Å²) in [7, 11) is 3.74. The second kappa shape index (κ2) is 5.40. The predicted molar refractivity (Wildman–Crippen MR) is 91.5 cm³/mol. The van der Waals surface area contributed by atoms with Crippen LogP contribution < -0.4 is 10.5 Å². The van der Waals surface area contributed by atoms with Gasteiger partial charge in [-0.05, 0) is 23.7 Å². The van der Waals surface area contributed by atoms with Crippen LogP contribution in [0, 0.1) is 0 Å². The molecule has 3 rings (SSSR count). The van der Waals surface area contributed by atoms with Crippen LogP contribution in [0.25, 0.3) is 0 Å². The first-order chi connectivity index (χ1) is 9.45. The zero-order chi connectivity index (χ0) is 14.4. The molecular formula is C12H13N3OS4. The van der Waals surface area contributed by atoms with Crippen LogP contribution in [0.2, 0.25) is 0 Å². The van der Waals surface area contributed by atoms with Crippen LogP contribution in [0.15, 0.2) is 33.0 Å². The number of nitrogens with zero attached hydrogens (tertiary/aromatic N) is 2. The number of hydrogen-bond donors (Lipinski definition) is 1.